The Kier molecular flexibility index (Phi) is 12.4. The van der Waals surface area contributed by atoms with Crippen LogP contribution in [0.2, 0.25) is 20.1 Å². The van der Waals surface area contributed by atoms with Gasteiger partial charge in [0.1, 0.15) is 6.04 Å². The number of sulfonamides is 1. The molecule has 3 rings (SSSR count). The lowest BCUT2D eigenvalue weighted by Crippen LogP contribution is -2.51. The number of halogens is 4. The Labute approximate surface area is 267 Å². The number of carbonyl (C=O) groups is 2. The fourth-order valence-corrected chi connectivity index (χ4v) is 6.15. The molecule has 3 aromatic carbocycles. The summed E-state index contributed by atoms with van der Waals surface area (Å²) in [6.07, 6.45) is 1.47. The normalized spacial score (nSPS) is 12.2. The van der Waals surface area contributed by atoms with Gasteiger partial charge in [-0.1, -0.05) is 82.8 Å². The first-order valence-corrected chi connectivity index (χ1v) is 16.6. The van der Waals surface area contributed by atoms with Crippen molar-refractivity contribution in [3.63, 3.8) is 0 Å². The average Bonchev–Trinajstić information content (AvgIpc) is 2.91. The molecule has 1 unspecified atom stereocenters. The van der Waals surface area contributed by atoms with Crippen molar-refractivity contribution in [2.45, 2.75) is 51.7 Å². The van der Waals surface area contributed by atoms with Crippen LogP contribution in [0, 0.1) is 0 Å². The zero-order chi connectivity index (χ0) is 31.0. The summed E-state index contributed by atoms with van der Waals surface area (Å²) in [6, 6.07) is 18.0. The van der Waals surface area contributed by atoms with E-state index in [4.69, 9.17) is 46.4 Å². The Balaban J connectivity index is 1.92. The largest absolute Gasteiger partial charge is 0.352 e. The van der Waals surface area contributed by atoms with Crippen molar-refractivity contribution >= 4 is 73.9 Å². The highest BCUT2D eigenvalue weighted by molar-refractivity contribution is 7.92. The summed E-state index contributed by atoms with van der Waals surface area (Å²) in [6.45, 7) is 3.77. The van der Waals surface area contributed by atoms with Crippen molar-refractivity contribution in [2.75, 3.05) is 17.1 Å². The fourth-order valence-electron chi connectivity index (χ4n) is 4.43. The lowest BCUT2D eigenvalue weighted by atomic mass is 10.0. The molecule has 42 heavy (non-hydrogen) atoms. The van der Waals surface area contributed by atoms with Crippen LogP contribution in [0.3, 0.4) is 0 Å². The van der Waals surface area contributed by atoms with Crippen LogP contribution < -0.4 is 9.62 Å². The highest BCUT2D eigenvalue weighted by atomic mass is 35.5. The Morgan fingerprint density at radius 1 is 0.857 bits per heavy atom. The number of carbonyl (C=O) groups excluding carboxylic acids is 2. The molecule has 1 atom stereocenters. The van der Waals surface area contributed by atoms with Gasteiger partial charge < -0.3 is 10.2 Å². The highest BCUT2D eigenvalue weighted by Gasteiger charge is 2.31. The van der Waals surface area contributed by atoms with Crippen molar-refractivity contribution in [1.29, 1.82) is 0 Å². The summed E-state index contributed by atoms with van der Waals surface area (Å²) >= 11 is 24.8. The first-order chi connectivity index (χ1) is 19.8. The van der Waals surface area contributed by atoms with Crippen LogP contribution in [0.25, 0.3) is 0 Å². The topological polar surface area (TPSA) is 86.8 Å². The maximum Gasteiger partial charge on any atom is 0.243 e. The van der Waals surface area contributed by atoms with Crippen molar-refractivity contribution in [2.24, 2.45) is 0 Å². The maximum atomic E-state index is 13.9. The van der Waals surface area contributed by atoms with E-state index in [9.17, 15) is 18.0 Å². The zero-order valence-electron chi connectivity index (χ0n) is 23.5. The smallest absolute Gasteiger partial charge is 0.243 e. The number of benzene rings is 3. The predicted molar refractivity (Wildman–Crippen MR) is 172 cm³/mol. The van der Waals surface area contributed by atoms with E-state index >= 15 is 0 Å². The van der Waals surface area contributed by atoms with Crippen molar-refractivity contribution in [1.82, 2.24) is 10.2 Å². The standard InChI is InChI=1S/C30H33Cl4N3O4S/c1-20(2)35-30(39)28(17-21-8-5-4-6-9-21)36(19-22-11-13-24(32)26(34)16-22)29(38)10-7-15-37(42(3,40)41)27-18-23(31)12-14-25(27)33/h4-6,8-9,11-14,16,18,20,28H,7,10,15,17,19H2,1-3H3,(H,35,39). The molecule has 2 amide bonds. The minimum absolute atomic E-state index is 0.0210. The minimum Gasteiger partial charge on any atom is -0.352 e. The Hall–Kier alpha value is -2.49. The van der Waals surface area contributed by atoms with Gasteiger partial charge in [-0.25, -0.2) is 8.42 Å². The summed E-state index contributed by atoms with van der Waals surface area (Å²) in [5.41, 5.74) is 1.80. The molecule has 1 N–H and O–H groups in total. The van der Waals surface area contributed by atoms with E-state index in [0.717, 1.165) is 16.1 Å². The number of rotatable bonds is 13. The number of anilines is 1. The molecule has 0 spiro atoms. The minimum atomic E-state index is -3.74. The second kappa shape index (κ2) is 15.3. The van der Waals surface area contributed by atoms with E-state index in [-0.39, 0.29) is 60.9 Å². The molecule has 7 nitrogen and oxygen atoms in total. The molecule has 0 saturated carbocycles. The lowest BCUT2D eigenvalue weighted by molar-refractivity contribution is -0.141. The van der Waals surface area contributed by atoms with Crippen LogP contribution in [-0.4, -0.2) is 50.0 Å². The van der Waals surface area contributed by atoms with E-state index in [1.54, 1.807) is 24.3 Å². The molecule has 0 bridgehead atoms. The SMILES string of the molecule is CC(C)NC(=O)C(Cc1ccccc1)N(Cc1ccc(Cl)c(Cl)c1)C(=O)CCCN(c1cc(Cl)ccc1Cl)S(C)(=O)=O. The van der Waals surface area contributed by atoms with Gasteiger partial charge >= 0.3 is 0 Å². The first kappa shape index (κ1) is 34.0. The van der Waals surface area contributed by atoms with Gasteiger partial charge in [-0.3, -0.25) is 13.9 Å². The molecular weight excluding hydrogens is 640 g/mol. The van der Waals surface area contributed by atoms with E-state index in [2.05, 4.69) is 5.32 Å². The van der Waals surface area contributed by atoms with Crippen LogP contribution in [0.4, 0.5) is 5.69 Å². The second-order valence-electron chi connectivity index (χ2n) is 10.2. The second-order valence-corrected chi connectivity index (χ2v) is 13.7. The zero-order valence-corrected chi connectivity index (χ0v) is 27.3. The summed E-state index contributed by atoms with van der Waals surface area (Å²) < 4.78 is 26.5. The van der Waals surface area contributed by atoms with Gasteiger partial charge in [-0.15, -0.1) is 0 Å². The monoisotopic (exact) mass is 671 g/mol. The molecule has 12 heteroatoms. The molecule has 0 saturated heterocycles. The fraction of sp³-hybridized carbons (Fsp3) is 0.333. The van der Waals surface area contributed by atoms with Crippen LogP contribution in [0.1, 0.15) is 37.8 Å². The summed E-state index contributed by atoms with van der Waals surface area (Å²) in [4.78, 5) is 28.9. The van der Waals surface area contributed by atoms with E-state index < -0.39 is 16.1 Å². The Morgan fingerprint density at radius 2 is 1.52 bits per heavy atom. The lowest BCUT2D eigenvalue weighted by Gasteiger charge is -2.32. The van der Waals surface area contributed by atoms with Crippen molar-refractivity contribution in [3.8, 4) is 0 Å². The molecule has 0 aromatic heterocycles. The molecule has 0 aliphatic carbocycles. The molecule has 226 valence electrons. The number of nitrogens with zero attached hydrogens (tertiary/aromatic N) is 2. The van der Waals surface area contributed by atoms with Gasteiger partial charge in [0.2, 0.25) is 21.8 Å². The third-order valence-electron chi connectivity index (χ3n) is 6.37. The molecule has 0 radical (unpaired) electrons. The third kappa shape index (κ3) is 9.78. The first-order valence-electron chi connectivity index (χ1n) is 13.3. The molecular formula is C30H33Cl4N3O4S. The van der Waals surface area contributed by atoms with E-state index in [1.165, 1.54) is 17.0 Å². The van der Waals surface area contributed by atoms with Crippen molar-refractivity contribution in [3.05, 3.63) is 97.9 Å². The van der Waals surface area contributed by atoms with Gasteiger partial charge in [-0.2, -0.15) is 0 Å². The van der Waals surface area contributed by atoms with Crippen LogP contribution >= 0.6 is 46.4 Å². The van der Waals surface area contributed by atoms with E-state index in [1.807, 2.05) is 44.2 Å². The summed E-state index contributed by atoms with van der Waals surface area (Å²) in [5.74, 6) is -0.628. The summed E-state index contributed by atoms with van der Waals surface area (Å²) in [5, 5.41) is 4.18. The van der Waals surface area contributed by atoms with E-state index in [0.29, 0.717) is 20.6 Å². The molecule has 0 fully saturated rings. The average molecular weight is 673 g/mol. The quantitative estimate of drug-likeness (QED) is 0.212. The maximum absolute atomic E-state index is 13.9. The Morgan fingerprint density at radius 3 is 2.14 bits per heavy atom. The molecule has 3 aromatic rings. The highest BCUT2D eigenvalue weighted by Crippen LogP contribution is 2.31. The van der Waals surface area contributed by atoms with Gasteiger partial charge in [0, 0.05) is 37.0 Å². The van der Waals surface area contributed by atoms with Gasteiger partial charge in [0.15, 0.2) is 0 Å². The third-order valence-corrected chi connectivity index (χ3v) is 8.84. The Bertz CT molecular complexity index is 1500. The molecule has 0 aliphatic rings. The van der Waals surface area contributed by atoms with Crippen LogP contribution in [0.5, 0.6) is 0 Å². The van der Waals surface area contributed by atoms with Crippen LogP contribution in [-0.2, 0) is 32.6 Å². The summed E-state index contributed by atoms with van der Waals surface area (Å²) in [7, 11) is -3.74. The van der Waals surface area contributed by atoms with Gasteiger partial charge in [0.05, 0.1) is 27.0 Å². The molecule has 0 heterocycles. The van der Waals surface area contributed by atoms with Gasteiger partial charge in [-0.05, 0) is 61.7 Å². The van der Waals surface area contributed by atoms with Crippen molar-refractivity contribution < 1.29 is 18.0 Å². The predicted octanol–water partition coefficient (Wildman–Crippen LogP) is 7.01. The molecule has 0 aliphatic heterocycles. The number of nitrogens with one attached hydrogen (secondary N) is 1. The van der Waals surface area contributed by atoms with Gasteiger partial charge in [0.25, 0.3) is 0 Å². The number of hydrogen-bond donors (Lipinski definition) is 1. The number of amides is 2. The van der Waals surface area contributed by atoms with Crippen LogP contribution in [0.15, 0.2) is 66.7 Å². The number of hydrogen-bond acceptors (Lipinski definition) is 4.